The van der Waals surface area contributed by atoms with Crippen LogP contribution in [-0.4, -0.2) is 40.2 Å². The topological polar surface area (TPSA) is 76.3 Å². The van der Waals surface area contributed by atoms with Gasteiger partial charge in [0.25, 0.3) is 0 Å². The van der Waals surface area contributed by atoms with Crippen LogP contribution in [0.2, 0.25) is 0 Å². The van der Waals surface area contributed by atoms with Crippen molar-refractivity contribution < 1.29 is 4.74 Å². The summed E-state index contributed by atoms with van der Waals surface area (Å²) >= 11 is 1.61. The maximum atomic E-state index is 5.74. The summed E-state index contributed by atoms with van der Waals surface area (Å²) in [5.74, 6) is 7.09. The second-order valence-electron chi connectivity index (χ2n) is 5.41. The zero-order valence-corrected chi connectivity index (χ0v) is 13.2. The van der Waals surface area contributed by atoms with Crippen molar-refractivity contribution in [1.82, 2.24) is 14.9 Å². The van der Waals surface area contributed by atoms with Crippen molar-refractivity contribution in [1.29, 1.82) is 0 Å². The van der Waals surface area contributed by atoms with Crippen molar-refractivity contribution >= 4 is 27.4 Å². The molecule has 2 aromatic rings. The zero-order chi connectivity index (χ0) is 14.8. The molecule has 7 heteroatoms. The fourth-order valence-corrected chi connectivity index (χ4v) is 3.53. The summed E-state index contributed by atoms with van der Waals surface area (Å²) in [7, 11) is 0. The van der Waals surface area contributed by atoms with Gasteiger partial charge in [0.2, 0.25) is 0 Å². The van der Waals surface area contributed by atoms with Gasteiger partial charge in [-0.25, -0.2) is 15.8 Å². The summed E-state index contributed by atoms with van der Waals surface area (Å²) in [5.41, 5.74) is 2.68. The van der Waals surface area contributed by atoms with Gasteiger partial charge in [0.1, 0.15) is 10.7 Å². The molecule has 0 spiro atoms. The highest BCUT2D eigenvalue weighted by atomic mass is 32.1. The van der Waals surface area contributed by atoms with E-state index >= 15 is 0 Å². The lowest BCUT2D eigenvalue weighted by molar-refractivity contribution is -0.0599. The van der Waals surface area contributed by atoms with E-state index in [1.54, 1.807) is 11.3 Å². The molecule has 1 aliphatic heterocycles. The lowest BCUT2D eigenvalue weighted by Gasteiger charge is -2.37. The molecule has 3 rings (SSSR count). The van der Waals surface area contributed by atoms with Gasteiger partial charge in [-0.05, 0) is 24.8 Å². The Hall–Kier alpha value is -1.28. The molecule has 3 N–H and O–H groups in total. The number of anilines is 1. The van der Waals surface area contributed by atoms with Crippen molar-refractivity contribution in [3.63, 3.8) is 0 Å². The van der Waals surface area contributed by atoms with Crippen LogP contribution in [0.4, 0.5) is 5.82 Å². The van der Waals surface area contributed by atoms with Crippen LogP contribution >= 0.6 is 11.3 Å². The molecule has 0 amide bonds. The number of fused-ring (bicyclic) bond motifs is 1. The Balaban J connectivity index is 1.86. The molecule has 114 valence electrons. The molecule has 6 nitrogen and oxygen atoms in total. The molecule has 2 aromatic heterocycles. The molecule has 2 atom stereocenters. The van der Waals surface area contributed by atoms with Crippen LogP contribution in [0, 0.1) is 0 Å². The van der Waals surface area contributed by atoms with E-state index in [0.29, 0.717) is 11.9 Å². The summed E-state index contributed by atoms with van der Waals surface area (Å²) < 4.78 is 5.74. The van der Waals surface area contributed by atoms with E-state index in [1.165, 1.54) is 0 Å². The minimum Gasteiger partial charge on any atom is -0.376 e. The van der Waals surface area contributed by atoms with Crippen LogP contribution in [0.15, 0.2) is 11.4 Å². The number of nitrogens with one attached hydrogen (secondary N) is 1. The second kappa shape index (κ2) is 6.23. The highest BCUT2D eigenvalue weighted by molar-refractivity contribution is 7.16. The van der Waals surface area contributed by atoms with Gasteiger partial charge in [-0.2, -0.15) is 0 Å². The van der Waals surface area contributed by atoms with E-state index in [-0.39, 0.29) is 6.10 Å². The molecule has 1 saturated heterocycles. The van der Waals surface area contributed by atoms with Crippen molar-refractivity contribution in [2.45, 2.75) is 39.0 Å². The number of ether oxygens (including phenoxy) is 1. The van der Waals surface area contributed by atoms with Crippen LogP contribution < -0.4 is 11.3 Å². The molecule has 0 saturated carbocycles. The first-order valence-electron chi connectivity index (χ1n) is 7.27. The fraction of sp³-hybridized carbons (Fsp3) is 0.571. The predicted octanol–water partition coefficient (Wildman–Crippen LogP) is 1.98. The van der Waals surface area contributed by atoms with Crippen molar-refractivity contribution in [2.75, 3.05) is 18.6 Å². The third-order valence-electron chi connectivity index (χ3n) is 3.90. The Morgan fingerprint density at radius 1 is 1.52 bits per heavy atom. The summed E-state index contributed by atoms with van der Waals surface area (Å²) in [6.07, 6.45) is 1.32. The molecule has 0 radical (unpaired) electrons. The number of nitrogens with two attached hydrogens (primary N) is 1. The van der Waals surface area contributed by atoms with Gasteiger partial charge in [-0.1, -0.05) is 6.92 Å². The maximum absolute atomic E-state index is 5.74. The SMILES string of the molecule is CCC1COC(C)CN1Cc1nc(NN)c2ccsc2n1. The third-order valence-corrected chi connectivity index (χ3v) is 4.71. The molecule has 3 heterocycles. The summed E-state index contributed by atoms with van der Waals surface area (Å²) in [4.78, 5) is 12.6. The molecule has 1 aliphatic rings. The number of hydrogen-bond donors (Lipinski definition) is 2. The van der Waals surface area contributed by atoms with E-state index in [4.69, 9.17) is 10.6 Å². The quantitative estimate of drug-likeness (QED) is 0.664. The molecule has 1 fully saturated rings. The van der Waals surface area contributed by atoms with Gasteiger partial charge in [0, 0.05) is 12.6 Å². The third kappa shape index (κ3) is 3.01. The highest BCUT2D eigenvalue weighted by Crippen LogP contribution is 2.25. The highest BCUT2D eigenvalue weighted by Gasteiger charge is 2.26. The van der Waals surface area contributed by atoms with E-state index in [9.17, 15) is 0 Å². The number of rotatable bonds is 4. The number of nitrogen functional groups attached to an aromatic ring is 1. The minimum atomic E-state index is 0.255. The summed E-state index contributed by atoms with van der Waals surface area (Å²) in [5, 5.41) is 2.99. The van der Waals surface area contributed by atoms with Gasteiger partial charge in [0.15, 0.2) is 5.82 Å². The largest absolute Gasteiger partial charge is 0.376 e. The van der Waals surface area contributed by atoms with E-state index < -0.39 is 0 Å². The van der Waals surface area contributed by atoms with E-state index in [2.05, 4.69) is 34.1 Å². The number of aromatic nitrogens is 2. The second-order valence-corrected chi connectivity index (χ2v) is 6.30. The zero-order valence-electron chi connectivity index (χ0n) is 12.4. The van der Waals surface area contributed by atoms with Crippen LogP contribution in [0.5, 0.6) is 0 Å². The van der Waals surface area contributed by atoms with Crippen molar-refractivity contribution in [3.8, 4) is 0 Å². The monoisotopic (exact) mass is 307 g/mol. The molecule has 0 aliphatic carbocycles. The number of hydrogen-bond acceptors (Lipinski definition) is 7. The van der Waals surface area contributed by atoms with Gasteiger partial charge in [-0.15, -0.1) is 11.3 Å². The van der Waals surface area contributed by atoms with Gasteiger partial charge >= 0.3 is 0 Å². The predicted molar refractivity (Wildman–Crippen MR) is 85.1 cm³/mol. The number of morpholine rings is 1. The molecule has 2 unspecified atom stereocenters. The van der Waals surface area contributed by atoms with E-state index in [0.717, 1.165) is 42.2 Å². The Morgan fingerprint density at radius 3 is 3.14 bits per heavy atom. The normalized spacial score (nSPS) is 23.6. The maximum Gasteiger partial charge on any atom is 0.152 e. The summed E-state index contributed by atoms with van der Waals surface area (Å²) in [6, 6.07) is 2.42. The minimum absolute atomic E-state index is 0.255. The van der Waals surface area contributed by atoms with Gasteiger partial charge < -0.3 is 10.2 Å². The Morgan fingerprint density at radius 2 is 2.38 bits per heavy atom. The molecular formula is C14H21N5OS. The van der Waals surface area contributed by atoms with Crippen molar-refractivity contribution in [3.05, 3.63) is 17.3 Å². The van der Waals surface area contributed by atoms with Gasteiger partial charge in [0.05, 0.1) is 24.6 Å². The number of thiophene rings is 1. The van der Waals surface area contributed by atoms with Crippen LogP contribution in [0.3, 0.4) is 0 Å². The molecule has 0 aromatic carbocycles. The lowest BCUT2D eigenvalue weighted by Crippen LogP contribution is -2.48. The Kier molecular flexibility index (Phi) is 4.34. The first kappa shape index (κ1) is 14.6. The van der Waals surface area contributed by atoms with Crippen LogP contribution in [-0.2, 0) is 11.3 Å². The molecular weight excluding hydrogens is 286 g/mol. The molecule has 21 heavy (non-hydrogen) atoms. The first-order valence-corrected chi connectivity index (χ1v) is 8.15. The molecule has 0 bridgehead atoms. The van der Waals surface area contributed by atoms with Crippen molar-refractivity contribution in [2.24, 2.45) is 5.84 Å². The first-order chi connectivity index (χ1) is 10.2. The summed E-state index contributed by atoms with van der Waals surface area (Å²) in [6.45, 7) is 6.72. The lowest BCUT2D eigenvalue weighted by atomic mass is 10.1. The van der Waals surface area contributed by atoms with E-state index in [1.807, 2.05) is 11.4 Å². The number of hydrazine groups is 1. The smallest absolute Gasteiger partial charge is 0.152 e. The fourth-order valence-electron chi connectivity index (χ4n) is 2.74. The van der Waals surface area contributed by atoms with Gasteiger partial charge in [-0.3, -0.25) is 4.90 Å². The van der Waals surface area contributed by atoms with Crippen LogP contribution in [0.25, 0.3) is 10.2 Å². The average molecular weight is 307 g/mol. The van der Waals surface area contributed by atoms with Crippen LogP contribution in [0.1, 0.15) is 26.1 Å². The number of nitrogens with zero attached hydrogens (tertiary/aromatic N) is 3. The Bertz CT molecular complexity index is 616. The standard InChI is InChI=1S/C14H21N5OS/c1-3-10-8-20-9(2)6-19(10)7-12-16-13(18-15)11-4-5-21-14(11)17-12/h4-5,9-10H,3,6-8,15H2,1-2H3,(H,16,17,18). The average Bonchev–Trinajstić information content (AvgIpc) is 2.95. The Labute approximate surface area is 128 Å².